The third-order valence-electron chi connectivity index (χ3n) is 4.06. The molecule has 9 heteroatoms. The highest BCUT2D eigenvalue weighted by molar-refractivity contribution is 14.0. The summed E-state index contributed by atoms with van der Waals surface area (Å²) < 4.78 is 0. The van der Waals surface area contributed by atoms with E-state index in [1.54, 1.807) is 31.3 Å². The molecule has 0 saturated heterocycles. The zero-order chi connectivity index (χ0) is 20.4. The number of benzene rings is 2. The second-order valence-corrected chi connectivity index (χ2v) is 6.04. The third-order valence-corrected chi connectivity index (χ3v) is 4.06. The Labute approximate surface area is 187 Å². The highest BCUT2D eigenvalue weighted by atomic mass is 127. The fourth-order valence-corrected chi connectivity index (χ4v) is 2.67. The first-order chi connectivity index (χ1) is 13.5. The summed E-state index contributed by atoms with van der Waals surface area (Å²) in [7, 11) is 1.60. The molecule has 0 atom stereocenters. The summed E-state index contributed by atoms with van der Waals surface area (Å²) in [6.07, 6.45) is 0.709. The van der Waals surface area contributed by atoms with E-state index in [0.29, 0.717) is 36.6 Å². The molecule has 0 radical (unpaired) electrons. The molecule has 2 aromatic carbocycles. The Morgan fingerprint density at radius 3 is 2.59 bits per heavy atom. The van der Waals surface area contributed by atoms with Crippen LogP contribution in [0, 0.1) is 10.1 Å². The van der Waals surface area contributed by atoms with Crippen LogP contribution in [-0.2, 0) is 13.0 Å². The van der Waals surface area contributed by atoms with Crippen LogP contribution < -0.4 is 16.0 Å². The molecule has 0 heterocycles. The van der Waals surface area contributed by atoms with Crippen LogP contribution in [0.1, 0.15) is 28.4 Å². The molecule has 2 aromatic rings. The average molecular weight is 511 g/mol. The van der Waals surface area contributed by atoms with Crippen LogP contribution in [-0.4, -0.2) is 36.9 Å². The van der Waals surface area contributed by atoms with Crippen LogP contribution in [0.4, 0.5) is 5.69 Å². The number of nitrogens with one attached hydrogen (secondary N) is 3. The molecule has 0 aromatic heterocycles. The largest absolute Gasteiger partial charge is 0.357 e. The lowest BCUT2D eigenvalue weighted by molar-refractivity contribution is -0.385. The molecule has 0 unspecified atom stereocenters. The van der Waals surface area contributed by atoms with Crippen LogP contribution in [0.15, 0.2) is 53.5 Å². The first kappa shape index (κ1) is 24.3. The van der Waals surface area contributed by atoms with Gasteiger partial charge in [-0.2, -0.15) is 0 Å². The van der Waals surface area contributed by atoms with Crippen molar-refractivity contribution in [2.75, 3.05) is 20.1 Å². The molecule has 3 N–H and O–H groups in total. The van der Waals surface area contributed by atoms with E-state index in [1.807, 2.05) is 25.1 Å². The molecular formula is C20H26IN5O3. The second kappa shape index (κ2) is 12.7. The summed E-state index contributed by atoms with van der Waals surface area (Å²) >= 11 is 0. The van der Waals surface area contributed by atoms with Crippen molar-refractivity contribution < 1.29 is 9.72 Å². The Bertz CT molecular complexity index is 858. The number of nitro benzene ring substituents is 1. The molecule has 0 aliphatic carbocycles. The van der Waals surface area contributed by atoms with Crippen LogP contribution in [0.5, 0.6) is 0 Å². The lowest BCUT2D eigenvalue weighted by atomic mass is 10.1. The zero-order valence-corrected chi connectivity index (χ0v) is 18.8. The van der Waals surface area contributed by atoms with Crippen LogP contribution >= 0.6 is 24.0 Å². The molecule has 0 aliphatic heterocycles. The van der Waals surface area contributed by atoms with Gasteiger partial charge >= 0.3 is 0 Å². The topological polar surface area (TPSA) is 109 Å². The van der Waals surface area contributed by atoms with Gasteiger partial charge in [0.25, 0.3) is 11.6 Å². The highest BCUT2D eigenvalue weighted by Crippen LogP contribution is 2.18. The number of nitrogens with zero attached hydrogens (tertiary/aromatic N) is 2. The number of aliphatic imine (C=N–C) groups is 1. The summed E-state index contributed by atoms with van der Waals surface area (Å²) in [6.45, 7) is 3.45. The summed E-state index contributed by atoms with van der Waals surface area (Å²) in [5, 5.41) is 20.1. The number of halogens is 1. The van der Waals surface area contributed by atoms with Crippen molar-refractivity contribution in [2.45, 2.75) is 19.9 Å². The predicted molar refractivity (Wildman–Crippen MR) is 125 cm³/mol. The van der Waals surface area contributed by atoms with Gasteiger partial charge in [-0.1, -0.05) is 30.3 Å². The minimum Gasteiger partial charge on any atom is -0.357 e. The number of rotatable bonds is 8. The van der Waals surface area contributed by atoms with Crippen molar-refractivity contribution >= 4 is 41.5 Å². The van der Waals surface area contributed by atoms with E-state index in [2.05, 4.69) is 20.9 Å². The minimum absolute atomic E-state index is 0. The predicted octanol–water partition coefficient (Wildman–Crippen LogP) is 2.87. The van der Waals surface area contributed by atoms with Crippen LogP contribution in [0.3, 0.4) is 0 Å². The Kier molecular flexibility index (Phi) is 10.7. The fourth-order valence-electron chi connectivity index (χ4n) is 2.67. The van der Waals surface area contributed by atoms with Gasteiger partial charge in [0.05, 0.1) is 17.0 Å². The van der Waals surface area contributed by atoms with E-state index >= 15 is 0 Å². The number of carbonyl (C=O) groups is 1. The van der Waals surface area contributed by atoms with Gasteiger partial charge in [-0.15, -0.1) is 24.0 Å². The Hall–Kier alpha value is -2.69. The van der Waals surface area contributed by atoms with Crippen LogP contribution in [0.25, 0.3) is 0 Å². The number of para-hydroxylation sites is 1. The second-order valence-electron chi connectivity index (χ2n) is 6.04. The molecule has 0 fully saturated rings. The van der Waals surface area contributed by atoms with E-state index in [9.17, 15) is 14.9 Å². The maximum absolute atomic E-state index is 11.7. The van der Waals surface area contributed by atoms with Crippen molar-refractivity contribution in [1.29, 1.82) is 0 Å². The molecular weight excluding hydrogens is 485 g/mol. The molecule has 156 valence electrons. The molecule has 0 spiro atoms. The van der Waals surface area contributed by atoms with Gasteiger partial charge in [0, 0.05) is 31.8 Å². The van der Waals surface area contributed by atoms with E-state index in [1.165, 1.54) is 6.07 Å². The van der Waals surface area contributed by atoms with E-state index in [-0.39, 0.29) is 42.1 Å². The number of hydrogen-bond acceptors (Lipinski definition) is 4. The standard InChI is InChI=1S/C20H25N5O3.HI/c1-3-22-20(24-14-17-8-4-5-10-18(17)25(27)28)23-12-11-15-7-6-9-16(13-15)19(26)21-2;/h4-10,13H,3,11-12,14H2,1-2H3,(H,21,26)(H2,22,23,24);1H. The van der Waals surface area contributed by atoms with Gasteiger partial charge in [0.15, 0.2) is 5.96 Å². The van der Waals surface area contributed by atoms with Crippen molar-refractivity contribution in [2.24, 2.45) is 4.99 Å². The number of amides is 1. The lowest BCUT2D eigenvalue weighted by Gasteiger charge is -2.12. The normalized spacial score (nSPS) is 10.6. The van der Waals surface area contributed by atoms with Crippen molar-refractivity contribution in [3.8, 4) is 0 Å². The van der Waals surface area contributed by atoms with Gasteiger partial charge in [0.2, 0.25) is 0 Å². The number of carbonyl (C=O) groups excluding carboxylic acids is 1. The summed E-state index contributed by atoms with van der Waals surface area (Å²) in [5.74, 6) is 0.470. The van der Waals surface area contributed by atoms with E-state index < -0.39 is 4.92 Å². The molecule has 2 rings (SSSR count). The number of guanidine groups is 1. The maximum Gasteiger partial charge on any atom is 0.274 e. The fraction of sp³-hybridized carbons (Fsp3) is 0.300. The molecule has 8 nitrogen and oxygen atoms in total. The lowest BCUT2D eigenvalue weighted by Crippen LogP contribution is -2.38. The maximum atomic E-state index is 11.7. The Morgan fingerprint density at radius 1 is 1.14 bits per heavy atom. The quantitative estimate of drug-likeness (QED) is 0.166. The van der Waals surface area contributed by atoms with Gasteiger partial charge in [-0.25, -0.2) is 4.99 Å². The monoisotopic (exact) mass is 511 g/mol. The minimum atomic E-state index is -0.398. The van der Waals surface area contributed by atoms with Gasteiger partial charge in [-0.3, -0.25) is 14.9 Å². The Morgan fingerprint density at radius 2 is 1.90 bits per heavy atom. The average Bonchev–Trinajstić information content (AvgIpc) is 2.71. The first-order valence-corrected chi connectivity index (χ1v) is 9.10. The van der Waals surface area contributed by atoms with Crippen LogP contribution in [0.2, 0.25) is 0 Å². The number of hydrogen-bond donors (Lipinski definition) is 3. The molecule has 29 heavy (non-hydrogen) atoms. The summed E-state index contributed by atoms with van der Waals surface area (Å²) in [5.41, 5.74) is 2.27. The van der Waals surface area contributed by atoms with Crippen molar-refractivity contribution in [3.63, 3.8) is 0 Å². The molecule has 1 amide bonds. The smallest absolute Gasteiger partial charge is 0.274 e. The number of nitro groups is 1. The summed E-state index contributed by atoms with van der Waals surface area (Å²) in [4.78, 5) is 26.9. The Balaban J connectivity index is 0.00000420. The van der Waals surface area contributed by atoms with E-state index in [0.717, 1.165) is 5.56 Å². The zero-order valence-electron chi connectivity index (χ0n) is 16.5. The van der Waals surface area contributed by atoms with E-state index in [4.69, 9.17) is 0 Å². The van der Waals surface area contributed by atoms with Crippen molar-refractivity contribution in [1.82, 2.24) is 16.0 Å². The third kappa shape index (κ3) is 7.68. The molecule has 0 saturated carbocycles. The van der Waals surface area contributed by atoms with Crippen molar-refractivity contribution in [3.05, 3.63) is 75.3 Å². The van der Waals surface area contributed by atoms with Gasteiger partial charge in [-0.05, 0) is 31.0 Å². The highest BCUT2D eigenvalue weighted by Gasteiger charge is 2.11. The van der Waals surface area contributed by atoms with Gasteiger partial charge < -0.3 is 16.0 Å². The molecule has 0 bridgehead atoms. The SMILES string of the molecule is CCNC(=NCc1ccccc1[N+](=O)[O-])NCCc1cccc(C(=O)NC)c1.I. The summed E-state index contributed by atoms with van der Waals surface area (Å²) in [6, 6.07) is 14.0. The molecule has 0 aliphatic rings. The van der Waals surface area contributed by atoms with Gasteiger partial charge in [0.1, 0.15) is 0 Å². The first-order valence-electron chi connectivity index (χ1n) is 9.10.